The van der Waals surface area contributed by atoms with Gasteiger partial charge in [-0.25, -0.2) is 8.78 Å². The fourth-order valence-electron chi connectivity index (χ4n) is 2.16. The smallest absolute Gasteiger partial charge is 0.132 e. The molecule has 1 aliphatic heterocycles. The topological polar surface area (TPSA) is 21.3 Å². The van der Waals surface area contributed by atoms with Crippen molar-refractivity contribution in [1.82, 2.24) is 5.32 Å². The maximum Gasteiger partial charge on any atom is 0.132 e. The average molecular weight is 332 g/mol. The van der Waals surface area contributed by atoms with Gasteiger partial charge in [0.25, 0.3) is 0 Å². The summed E-state index contributed by atoms with van der Waals surface area (Å²) in [7, 11) is 0. The summed E-state index contributed by atoms with van der Waals surface area (Å²) in [5.74, 6) is -0.547. The molecule has 0 bridgehead atoms. The number of likely N-dealkylation sites (N-methyl/N-ethyl adjacent to an activating group) is 1. The molecule has 19 heavy (non-hydrogen) atoms. The molecule has 1 aromatic rings. The van der Waals surface area contributed by atoms with Gasteiger partial charge < -0.3 is 10.1 Å². The SMILES string of the molecule is CCNC(C1=CCCCO1)c1c(F)cc(Br)cc1F. The van der Waals surface area contributed by atoms with Gasteiger partial charge in [-0.2, -0.15) is 0 Å². The molecular weight excluding hydrogens is 316 g/mol. The predicted octanol–water partition coefficient (Wildman–Crippen LogP) is 4.07. The molecule has 0 saturated heterocycles. The van der Waals surface area contributed by atoms with Crippen molar-refractivity contribution in [2.75, 3.05) is 13.2 Å². The van der Waals surface area contributed by atoms with E-state index in [0.29, 0.717) is 23.4 Å². The molecule has 0 aromatic heterocycles. The van der Waals surface area contributed by atoms with Crippen LogP contribution in [0.25, 0.3) is 0 Å². The van der Waals surface area contributed by atoms with E-state index >= 15 is 0 Å². The number of benzene rings is 1. The standard InChI is InChI=1S/C14H16BrF2NO/c1-2-18-14(12-5-3-4-6-19-12)13-10(16)7-9(15)8-11(13)17/h5,7-8,14,18H,2-4,6H2,1H3. The first-order chi connectivity index (χ1) is 9.13. The molecule has 1 atom stereocenters. The number of hydrogen-bond acceptors (Lipinski definition) is 2. The predicted molar refractivity (Wildman–Crippen MR) is 73.7 cm³/mol. The van der Waals surface area contributed by atoms with Crippen LogP contribution in [0.1, 0.15) is 31.4 Å². The molecule has 1 unspecified atom stereocenters. The third kappa shape index (κ3) is 3.34. The third-order valence-corrected chi connectivity index (χ3v) is 3.45. The molecule has 0 saturated carbocycles. The van der Waals surface area contributed by atoms with E-state index in [1.54, 1.807) is 0 Å². The third-order valence-electron chi connectivity index (χ3n) is 2.99. The summed E-state index contributed by atoms with van der Waals surface area (Å²) in [4.78, 5) is 0. The summed E-state index contributed by atoms with van der Waals surface area (Å²) >= 11 is 3.08. The van der Waals surface area contributed by atoms with Gasteiger partial charge in [-0.3, -0.25) is 0 Å². The Hall–Kier alpha value is -0.940. The zero-order valence-electron chi connectivity index (χ0n) is 10.7. The Kier molecular flexibility index (Phi) is 4.93. The minimum absolute atomic E-state index is 0.0122. The van der Waals surface area contributed by atoms with Crippen LogP contribution < -0.4 is 5.32 Å². The van der Waals surface area contributed by atoms with E-state index in [4.69, 9.17) is 4.74 Å². The van der Waals surface area contributed by atoms with Gasteiger partial charge in [0.05, 0.1) is 12.6 Å². The van der Waals surface area contributed by atoms with Gasteiger partial charge in [0.1, 0.15) is 17.4 Å². The van der Waals surface area contributed by atoms with Gasteiger partial charge in [-0.05, 0) is 37.6 Å². The summed E-state index contributed by atoms with van der Waals surface area (Å²) < 4.78 is 34.0. The molecule has 1 heterocycles. The molecule has 5 heteroatoms. The highest BCUT2D eigenvalue weighted by molar-refractivity contribution is 9.10. The van der Waals surface area contributed by atoms with Gasteiger partial charge in [0.15, 0.2) is 0 Å². The Morgan fingerprint density at radius 2 is 2.05 bits per heavy atom. The Bertz CT molecular complexity index is 467. The average Bonchev–Trinajstić information content (AvgIpc) is 2.37. The first-order valence-electron chi connectivity index (χ1n) is 6.34. The molecule has 1 N–H and O–H groups in total. The lowest BCUT2D eigenvalue weighted by atomic mass is 10.0. The monoisotopic (exact) mass is 331 g/mol. The van der Waals surface area contributed by atoms with Crippen LogP contribution in [0.3, 0.4) is 0 Å². The van der Waals surface area contributed by atoms with Crippen molar-refractivity contribution in [2.24, 2.45) is 0 Å². The molecule has 1 aromatic carbocycles. The number of halogens is 3. The minimum Gasteiger partial charge on any atom is -0.496 e. The molecular formula is C14H16BrF2NO. The van der Waals surface area contributed by atoms with Crippen LogP contribution in [-0.2, 0) is 4.74 Å². The first kappa shape index (κ1) is 14.5. The quantitative estimate of drug-likeness (QED) is 0.897. The fraction of sp³-hybridized carbons (Fsp3) is 0.429. The summed E-state index contributed by atoms with van der Waals surface area (Å²) in [6, 6.07) is 1.97. The Balaban J connectivity index is 2.41. The molecule has 0 amide bonds. The Morgan fingerprint density at radius 1 is 1.37 bits per heavy atom. The van der Waals surface area contributed by atoms with Crippen LogP contribution >= 0.6 is 15.9 Å². The maximum absolute atomic E-state index is 14.0. The normalized spacial score (nSPS) is 16.7. The minimum atomic E-state index is -0.576. The van der Waals surface area contributed by atoms with Crippen LogP contribution in [-0.4, -0.2) is 13.2 Å². The summed E-state index contributed by atoms with van der Waals surface area (Å²) in [6.07, 6.45) is 3.71. The van der Waals surface area contributed by atoms with Crippen molar-refractivity contribution in [1.29, 1.82) is 0 Å². The lowest BCUT2D eigenvalue weighted by molar-refractivity contribution is 0.166. The molecule has 0 spiro atoms. The summed E-state index contributed by atoms with van der Waals surface area (Å²) in [5, 5.41) is 3.08. The zero-order chi connectivity index (χ0) is 13.8. The zero-order valence-corrected chi connectivity index (χ0v) is 12.3. The van der Waals surface area contributed by atoms with E-state index in [9.17, 15) is 8.78 Å². The number of allylic oxidation sites excluding steroid dienone is 1. The van der Waals surface area contributed by atoms with Gasteiger partial charge in [-0.15, -0.1) is 0 Å². The van der Waals surface area contributed by atoms with E-state index in [0.717, 1.165) is 12.8 Å². The van der Waals surface area contributed by atoms with E-state index < -0.39 is 17.7 Å². The highest BCUT2D eigenvalue weighted by Gasteiger charge is 2.25. The summed E-state index contributed by atoms with van der Waals surface area (Å²) in [6.45, 7) is 3.08. The van der Waals surface area contributed by atoms with Crippen LogP contribution in [0.4, 0.5) is 8.78 Å². The second-order valence-corrected chi connectivity index (χ2v) is 5.29. The van der Waals surface area contributed by atoms with Crippen molar-refractivity contribution in [3.8, 4) is 0 Å². The first-order valence-corrected chi connectivity index (χ1v) is 7.13. The lowest BCUT2D eigenvalue weighted by Crippen LogP contribution is -2.27. The molecule has 0 aliphatic carbocycles. The molecule has 2 rings (SSSR count). The van der Waals surface area contributed by atoms with E-state index in [1.807, 2.05) is 13.0 Å². The highest BCUT2D eigenvalue weighted by atomic mass is 79.9. The van der Waals surface area contributed by atoms with Crippen molar-refractivity contribution < 1.29 is 13.5 Å². The second kappa shape index (κ2) is 6.48. The Labute approximate surface area is 120 Å². The van der Waals surface area contributed by atoms with Gasteiger partial charge in [-0.1, -0.05) is 22.9 Å². The van der Waals surface area contributed by atoms with Crippen LogP contribution in [0.2, 0.25) is 0 Å². The Morgan fingerprint density at radius 3 is 2.58 bits per heavy atom. The molecule has 0 radical (unpaired) electrons. The second-order valence-electron chi connectivity index (χ2n) is 4.37. The van der Waals surface area contributed by atoms with Crippen molar-refractivity contribution >= 4 is 15.9 Å². The molecule has 1 aliphatic rings. The van der Waals surface area contributed by atoms with E-state index in [2.05, 4.69) is 21.2 Å². The number of rotatable bonds is 4. The number of ether oxygens (including phenoxy) is 1. The lowest BCUT2D eigenvalue weighted by Gasteiger charge is -2.25. The molecule has 2 nitrogen and oxygen atoms in total. The van der Waals surface area contributed by atoms with Crippen molar-refractivity contribution in [3.63, 3.8) is 0 Å². The molecule has 104 valence electrons. The fourth-order valence-corrected chi connectivity index (χ4v) is 2.56. The van der Waals surface area contributed by atoms with Crippen LogP contribution in [0, 0.1) is 11.6 Å². The summed E-state index contributed by atoms with van der Waals surface area (Å²) in [5.41, 5.74) is 0.0122. The highest BCUT2D eigenvalue weighted by Crippen LogP contribution is 2.31. The number of nitrogens with one attached hydrogen (secondary N) is 1. The molecule has 0 fully saturated rings. The van der Waals surface area contributed by atoms with E-state index in [1.165, 1.54) is 12.1 Å². The number of hydrogen-bond donors (Lipinski definition) is 1. The van der Waals surface area contributed by atoms with E-state index in [-0.39, 0.29) is 5.56 Å². The van der Waals surface area contributed by atoms with Crippen LogP contribution in [0.15, 0.2) is 28.4 Å². The van der Waals surface area contributed by atoms with Crippen molar-refractivity contribution in [3.05, 3.63) is 45.6 Å². The maximum atomic E-state index is 14.0. The van der Waals surface area contributed by atoms with Gasteiger partial charge >= 0.3 is 0 Å². The van der Waals surface area contributed by atoms with Crippen LogP contribution in [0.5, 0.6) is 0 Å². The van der Waals surface area contributed by atoms with Gasteiger partial charge in [0, 0.05) is 10.0 Å². The van der Waals surface area contributed by atoms with Gasteiger partial charge in [0.2, 0.25) is 0 Å². The van der Waals surface area contributed by atoms with Crippen molar-refractivity contribution in [2.45, 2.75) is 25.8 Å². The largest absolute Gasteiger partial charge is 0.496 e.